The van der Waals surface area contributed by atoms with Gasteiger partial charge in [0.05, 0.1) is 19.6 Å². The zero-order chi connectivity index (χ0) is 26.4. The lowest BCUT2D eigenvalue weighted by molar-refractivity contribution is -0.167. The molecule has 200 valence electrons. The van der Waals surface area contributed by atoms with E-state index in [1.807, 2.05) is 24.9 Å². The van der Waals surface area contributed by atoms with Gasteiger partial charge in [0.15, 0.2) is 6.61 Å². The molecule has 10 heteroatoms. The average Bonchev–Trinajstić information content (AvgIpc) is 2.89. The van der Waals surface area contributed by atoms with Gasteiger partial charge in [0.2, 0.25) is 5.91 Å². The maximum Gasteiger partial charge on any atom is 0.260 e. The number of ether oxygens (including phenoxy) is 3. The summed E-state index contributed by atoms with van der Waals surface area (Å²) < 4.78 is 18.0. The minimum atomic E-state index is -0.984. The smallest absolute Gasteiger partial charge is 0.260 e. The number of carbonyl (C=O) groups excluding carboxylic acids is 2. The van der Waals surface area contributed by atoms with E-state index in [1.165, 1.54) is 0 Å². The standard InChI is InChI=1S/C27H33Cl2N3O5/c1-20-15-23(7-8-24(20)29)36-19-27(16-25(33)31-11-9-30(2)10-12-31)18-32(13-14-37-27)26(34)17-35-22-5-3-21(28)4-6-22/h3-8,15H,9-14,16-19H2,1-2H3/t27-/m1/s1. The molecule has 4 rings (SSSR count). The minimum Gasteiger partial charge on any atom is -0.490 e. The first-order chi connectivity index (χ1) is 17.7. The lowest BCUT2D eigenvalue weighted by Crippen LogP contribution is -2.59. The van der Waals surface area contributed by atoms with Gasteiger partial charge in [-0.2, -0.15) is 0 Å². The molecule has 0 aromatic heterocycles. The van der Waals surface area contributed by atoms with Crippen LogP contribution in [0.15, 0.2) is 42.5 Å². The molecule has 2 aromatic rings. The van der Waals surface area contributed by atoms with Gasteiger partial charge in [-0.05, 0) is 62.0 Å². The third-order valence-electron chi connectivity index (χ3n) is 6.74. The zero-order valence-corrected chi connectivity index (χ0v) is 22.8. The number of morpholine rings is 1. The Kier molecular flexibility index (Phi) is 9.18. The van der Waals surface area contributed by atoms with Crippen LogP contribution in [0.5, 0.6) is 11.5 Å². The summed E-state index contributed by atoms with van der Waals surface area (Å²) in [7, 11) is 2.05. The van der Waals surface area contributed by atoms with Crippen LogP contribution in [0.25, 0.3) is 0 Å². The van der Waals surface area contributed by atoms with Crippen molar-refractivity contribution in [1.29, 1.82) is 0 Å². The molecule has 0 saturated carbocycles. The average molecular weight is 550 g/mol. The van der Waals surface area contributed by atoms with Crippen molar-refractivity contribution < 1.29 is 23.8 Å². The largest absolute Gasteiger partial charge is 0.490 e. The number of likely N-dealkylation sites (N-methyl/N-ethyl adjacent to an activating group) is 1. The van der Waals surface area contributed by atoms with Gasteiger partial charge in [-0.1, -0.05) is 23.2 Å². The fourth-order valence-corrected chi connectivity index (χ4v) is 4.68. The normalized spacial score (nSPS) is 20.5. The van der Waals surface area contributed by atoms with Crippen molar-refractivity contribution >= 4 is 35.0 Å². The predicted molar refractivity (Wildman–Crippen MR) is 143 cm³/mol. The van der Waals surface area contributed by atoms with Crippen molar-refractivity contribution in [2.75, 3.05) is 66.1 Å². The number of hydrogen-bond acceptors (Lipinski definition) is 6. The summed E-state index contributed by atoms with van der Waals surface area (Å²) in [6, 6.07) is 12.3. The first-order valence-corrected chi connectivity index (χ1v) is 13.1. The zero-order valence-electron chi connectivity index (χ0n) is 21.3. The van der Waals surface area contributed by atoms with E-state index in [9.17, 15) is 9.59 Å². The monoisotopic (exact) mass is 549 g/mol. The highest BCUT2D eigenvalue weighted by molar-refractivity contribution is 6.31. The van der Waals surface area contributed by atoms with E-state index in [4.69, 9.17) is 37.4 Å². The van der Waals surface area contributed by atoms with E-state index < -0.39 is 5.60 Å². The molecule has 2 fully saturated rings. The number of aryl methyl sites for hydroxylation is 1. The number of piperazine rings is 1. The second kappa shape index (κ2) is 12.3. The molecule has 0 aliphatic carbocycles. The van der Waals surface area contributed by atoms with Crippen molar-refractivity contribution in [3.8, 4) is 11.5 Å². The molecule has 2 aromatic carbocycles. The van der Waals surface area contributed by atoms with E-state index in [0.717, 1.165) is 18.7 Å². The fraction of sp³-hybridized carbons (Fsp3) is 0.481. The van der Waals surface area contributed by atoms with Crippen molar-refractivity contribution in [2.45, 2.75) is 18.9 Å². The second-order valence-corrected chi connectivity index (χ2v) is 10.5. The van der Waals surface area contributed by atoms with Crippen LogP contribution in [0.2, 0.25) is 10.0 Å². The minimum absolute atomic E-state index is 0.00398. The molecule has 0 unspecified atom stereocenters. The number of rotatable bonds is 8. The van der Waals surface area contributed by atoms with Gasteiger partial charge in [-0.15, -0.1) is 0 Å². The number of nitrogens with zero attached hydrogens (tertiary/aromatic N) is 3. The van der Waals surface area contributed by atoms with Crippen LogP contribution in [0.3, 0.4) is 0 Å². The Labute approximate surface area is 228 Å². The Morgan fingerprint density at radius 2 is 1.62 bits per heavy atom. The highest BCUT2D eigenvalue weighted by atomic mass is 35.5. The van der Waals surface area contributed by atoms with Gasteiger partial charge < -0.3 is 28.9 Å². The van der Waals surface area contributed by atoms with Gasteiger partial charge in [0.1, 0.15) is 23.7 Å². The van der Waals surface area contributed by atoms with E-state index in [-0.39, 0.29) is 38.0 Å². The molecule has 37 heavy (non-hydrogen) atoms. The number of hydrogen-bond donors (Lipinski definition) is 0. The summed E-state index contributed by atoms with van der Waals surface area (Å²) in [4.78, 5) is 32.1. The second-order valence-electron chi connectivity index (χ2n) is 9.65. The molecule has 1 atom stereocenters. The van der Waals surface area contributed by atoms with Crippen molar-refractivity contribution in [1.82, 2.24) is 14.7 Å². The van der Waals surface area contributed by atoms with Gasteiger partial charge >= 0.3 is 0 Å². The van der Waals surface area contributed by atoms with E-state index in [0.29, 0.717) is 47.8 Å². The number of carbonyl (C=O) groups is 2. The molecule has 8 nitrogen and oxygen atoms in total. The molecule has 0 radical (unpaired) electrons. The molecule has 2 saturated heterocycles. The molecule has 2 aliphatic heterocycles. The Bertz CT molecular complexity index is 1090. The summed E-state index contributed by atoms with van der Waals surface area (Å²) in [5, 5.41) is 1.25. The third kappa shape index (κ3) is 7.51. The SMILES string of the molecule is Cc1cc(OC[C@@]2(CC(=O)N3CCN(C)CC3)CN(C(=O)COc3ccc(Cl)cc3)CCO2)ccc1Cl. The molecule has 0 N–H and O–H groups in total. The molecule has 2 amide bonds. The Hall–Kier alpha value is -2.52. The van der Waals surface area contributed by atoms with Crippen LogP contribution < -0.4 is 9.47 Å². The maximum absolute atomic E-state index is 13.3. The number of amides is 2. The molecular weight excluding hydrogens is 517 g/mol. The summed E-state index contributed by atoms with van der Waals surface area (Å²) in [6.07, 6.45) is 0.116. The van der Waals surface area contributed by atoms with Crippen LogP contribution in [-0.4, -0.2) is 98.3 Å². The Morgan fingerprint density at radius 3 is 2.32 bits per heavy atom. The maximum atomic E-state index is 13.3. The van der Waals surface area contributed by atoms with Crippen molar-refractivity contribution in [3.05, 3.63) is 58.1 Å². The Balaban J connectivity index is 1.45. The van der Waals surface area contributed by atoms with Crippen LogP contribution in [0.1, 0.15) is 12.0 Å². The first-order valence-electron chi connectivity index (χ1n) is 12.4. The molecular formula is C27H33Cl2N3O5. The lowest BCUT2D eigenvalue weighted by Gasteiger charge is -2.43. The molecule has 0 spiro atoms. The Morgan fingerprint density at radius 1 is 0.919 bits per heavy atom. The highest BCUT2D eigenvalue weighted by Gasteiger charge is 2.42. The number of benzene rings is 2. The van der Waals surface area contributed by atoms with E-state index in [1.54, 1.807) is 41.3 Å². The lowest BCUT2D eigenvalue weighted by atomic mass is 9.96. The molecule has 2 heterocycles. The van der Waals surface area contributed by atoms with Crippen LogP contribution in [-0.2, 0) is 14.3 Å². The predicted octanol–water partition coefficient (Wildman–Crippen LogP) is 3.52. The topological polar surface area (TPSA) is 71.6 Å². The highest BCUT2D eigenvalue weighted by Crippen LogP contribution is 2.28. The van der Waals surface area contributed by atoms with Gasteiger partial charge in [0, 0.05) is 42.8 Å². The van der Waals surface area contributed by atoms with Crippen molar-refractivity contribution in [3.63, 3.8) is 0 Å². The van der Waals surface area contributed by atoms with Crippen LogP contribution in [0, 0.1) is 6.92 Å². The van der Waals surface area contributed by atoms with Crippen LogP contribution >= 0.6 is 23.2 Å². The van der Waals surface area contributed by atoms with Gasteiger partial charge in [0.25, 0.3) is 5.91 Å². The first kappa shape index (κ1) is 27.5. The summed E-state index contributed by atoms with van der Waals surface area (Å²) >= 11 is 12.1. The van der Waals surface area contributed by atoms with E-state index in [2.05, 4.69) is 4.90 Å². The third-order valence-corrected chi connectivity index (χ3v) is 7.41. The van der Waals surface area contributed by atoms with E-state index >= 15 is 0 Å². The van der Waals surface area contributed by atoms with Crippen molar-refractivity contribution in [2.24, 2.45) is 0 Å². The summed E-state index contributed by atoms with van der Waals surface area (Å²) in [5.74, 6) is 1.00. The van der Waals surface area contributed by atoms with Gasteiger partial charge in [-0.3, -0.25) is 9.59 Å². The number of halogens is 2. The quantitative estimate of drug-likeness (QED) is 0.501. The summed E-state index contributed by atoms with van der Waals surface area (Å²) in [5.41, 5.74) is -0.0928. The van der Waals surface area contributed by atoms with Crippen LogP contribution in [0.4, 0.5) is 0 Å². The summed E-state index contributed by atoms with van der Waals surface area (Å²) in [6.45, 7) is 5.82. The molecule has 2 aliphatic rings. The molecule has 0 bridgehead atoms. The van der Waals surface area contributed by atoms with Gasteiger partial charge in [-0.25, -0.2) is 0 Å². The fourth-order valence-electron chi connectivity index (χ4n) is 4.44.